The van der Waals surface area contributed by atoms with Crippen LogP contribution in [0.2, 0.25) is 0 Å². The fraction of sp³-hybridized carbons (Fsp3) is 0.529. The number of likely N-dealkylation sites (tertiary alicyclic amines) is 2. The first-order valence-electron chi connectivity index (χ1n) is 14.8. The average Bonchev–Trinajstić information content (AvgIpc) is 3.04. The molecule has 2 aromatic carbocycles. The van der Waals surface area contributed by atoms with Crippen LogP contribution in [0.15, 0.2) is 60.7 Å². The molecule has 0 atom stereocenters. The first-order valence-corrected chi connectivity index (χ1v) is 14.8. The van der Waals surface area contributed by atoms with Gasteiger partial charge in [0.1, 0.15) is 0 Å². The lowest BCUT2D eigenvalue weighted by Crippen LogP contribution is -2.46. The van der Waals surface area contributed by atoms with Gasteiger partial charge in [-0.15, -0.1) is 0 Å². The van der Waals surface area contributed by atoms with Crippen LogP contribution >= 0.6 is 0 Å². The smallest absolute Gasteiger partial charge is 0.312 e. The van der Waals surface area contributed by atoms with Crippen molar-refractivity contribution in [1.82, 2.24) is 9.80 Å². The molecule has 8 heteroatoms. The van der Waals surface area contributed by atoms with Crippen molar-refractivity contribution in [1.29, 1.82) is 10.5 Å². The van der Waals surface area contributed by atoms with Gasteiger partial charge in [-0.1, -0.05) is 60.7 Å². The average molecular weight is 573 g/mol. The number of hydrogen-bond acceptors (Lipinski definition) is 8. The molecule has 0 N–H and O–H groups in total. The Morgan fingerprint density at radius 2 is 1.29 bits per heavy atom. The number of esters is 2. The predicted octanol–water partition coefficient (Wildman–Crippen LogP) is 4.80. The second-order valence-corrected chi connectivity index (χ2v) is 11.4. The largest absolute Gasteiger partial charge is 0.469 e. The van der Waals surface area contributed by atoms with E-state index in [9.17, 15) is 14.9 Å². The lowest BCUT2D eigenvalue weighted by molar-refractivity contribution is -0.156. The fourth-order valence-electron chi connectivity index (χ4n) is 5.94. The van der Waals surface area contributed by atoms with E-state index >= 15 is 0 Å². The van der Waals surface area contributed by atoms with Crippen molar-refractivity contribution < 1.29 is 19.1 Å². The topological polar surface area (TPSA) is 107 Å². The summed E-state index contributed by atoms with van der Waals surface area (Å²) in [6.07, 6.45) is 5.82. The Kier molecular flexibility index (Phi) is 13.0. The molecular weight excluding hydrogens is 528 g/mol. The van der Waals surface area contributed by atoms with Gasteiger partial charge < -0.3 is 19.3 Å². The second kappa shape index (κ2) is 16.7. The molecule has 2 aliphatic heterocycles. The van der Waals surface area contributed by atoms with Crippen molar-refractivity contribution in [2.24, 2.45) is 10.8 Å². The predicted molar refractivity (Wildman–Crippen MR) is 161 cm³/mol. The van der Waals surface area contributed by atoms with Crippen molar-refractivity contribution in [3.63, 3.8) is 0 Å². The number of hydrogen-bond donors (Lipinski definition) is 0. The number of carbonyl (C=O) groups is 2. The molecule has 4 rings (SSSR count). The number of nitrogens with zero attached hydrogens (tertiary/aromatic N) is 4. The van der Waals surface area contributed by atoms with Gasteiger partial charge in [0.2, 0.25) is 0 Å². The van der Waals surface area contributed by atoms with E-state index in [1.54, 1.807) is 0 Å². The quantitative estimate of drug-likeness (QED) is 0.374. The molecule has 2 saturated heterocycles. The molecule has 0 aliphatic carbocycles. The lowest BCUT2D eigenvalue weighted by Gasteiger charge is -2.39. The summed E-state index contributed by atoms with van der Waals surface area (Å²) in [7, 11) is 2.86. The van der Waals surface area contributed by atoms with E-state index in [2.05, 4.69) is 38.8 Å². The molecule has 224 valence electrons. The summed E-state index contributed by atoms with van der Waals surface area (Å²) in [5.74, 6) is -0.326. The Balaban J connectivity index is 0.000000235. The molecule has 2 aromatic rings. The van der Waals surface area contributed by atoms with Crippen LogP contribution in [0.3, 0.4) is 0 Å². The maximum absolute atomic E-state index is 12.4. The van der Waals surface area contributed by atoms with E-state index < -0.39 is 5.41 Å². The number of rotatable bonds is 10. The van der Waals surface area contributed by atoms with Crippen LogP contribution in [-0.2, 0) is 31.9 Å². The molecule has 2 fully saturated rings. The molecule has 0 bridgehead atoms. The zero-order valence-corrected chi connectivity index (χ0v) is 25.1. The van der Waals surface area contributed by atoms with Gasteiger partial charge in [0, 0.05) is 19.5 Å². The highest BCUT2D eigenvalue weighted by molar-refractivity contribution is 5.77. The summed E-state index contributed by atoms with van der Waals surface area (Å²) >= 11 is 0. The molecule has 0 saturated carbocycles. The third-order valence-corrected chi connectivity index (χ3v) is 8.65. The van der Waals surface area contributed by atoms with Crippen LogP contribution in [0.5, 0.6) is 0 Å². The SMILES string of the molecule is COC(=O)CCN1CCC(Cc2ccccc2)(C(=O)OC)CC1.N#CCCN1CCC(C#N)(Cc2ccccc2)CC1. The molecular formula is C34H44N4O4. The second-order valence-electron chi connectivity index (χ2n) is 11.4. The normalized spacial score (nSPS) is 17.9. The van der Waals surface area contributed by atoms with Crippen molar-refractivity contribution in [3.8, 4) is 12.1 Å². The molecule has 0 unspecified atom stereocenters. The van der Waals surface area contributed by atoms with Gasteiger partial charge in [-0.2, -0.15) is 10.5 Å². The summed E-state index contributed by atoms with van der Waals surface area (Å²) in [5, 5.41) is 18.2. The summed E-state index contributed by atoms with van der Waals surface area (Å²) < 4.78 is 9.76. The Labute approximate surface area is 250 Å². The minimum Gasteiger partial charge on any atom is -0.469 e. The Bertz CT molecular complexity index is 1190. The summed E-state index contributed by atoms with van der Waals surface area (Å²) in [5.41, 5.74) is 1.72. The van der Waals surface area contributed by atoms with Crippen LogP contribution in [0, 0.1) is 33.5 Å². The highest BCUT2D eigenvalue weighted by Gasteiger charge is 2.42. The van der Waals surface area contributed by atoms with Crippen LogP contribution in [0.1, 0.15) is 49.7 Å². The Morgan fingerprint density at radius 1 is 0.762 bits per heavy atom. The monoisotopic (exact) mass is 572 g/mol. The van der Waals surface area contributed by atoms with Gasteiger partial charge in [0.15, 0.2) is 0 Å². The van der Waals surface area contributed by atoms with Gasteiger partial charge in [-0.3, -0.25) is 9.59 Å². The number of carbonyl (C=O) groups excluding carboxylic acids is 2. The maximum Gasteiger partial charge on any atom is 0.312 e. The highest BCUT2D eigenvalue weighted by Crippen LogP contribution is 2.37. The molecule has 0 radical (unpaired) electrons. The molecule has 0 spiro atoms. The molecule has 42 heavy (non-hydrogen) atoms. The number of nitriles is 2. The van der Waals surface area contributed by atoms with Gasteiger partial charge in [-0.05, 0) is 75.8 Å². The highest BCUT2D eigenvalue weighted by atomic mass is 16.5. The minimum atomic E-state index is -0.460. The van der Waals surface area contributed by atoms with Crippen molar-refractivity contribution in [2.45, 2.75) is 51.4 Å². The Hall–Kier alpha value is -3.72. The van der Waals surface area contributed by atoms with Crippen LogP contribution in [0.25, 0.3) is 0 Å². The molecule has 2 heterocycles. The third-order valence-electron chi connectivity index (χ3n) is 8.65. The molecule has 8 nitrogen and oxygen atoms in total. The summed E-state index contributed by atoms with van der Waals surface area (Å²) in [6, 6.07) is 25.1. The first kappa shape index (κ1) is 32.8. The fourth-order valence-corrected chi connectivity index (χ4v) is 5.94. The third kappa shape index (κ3) is 9.69. The van der Waals surface area contributed by atoms with Crippen molar-refractivity contribution >= 4 is 11.9 Å². The van der Waals surface area contributed by atoms with E-state index in [-0.39, 0.29) is 17.4 Å². The zero-order valence-electron chi connectivity index (χ0n) is 25.1. The van der Waals surface area contributed by atoms with E-state index in [0.717, 1.165) is 70.4 Å². The number of benzene rings is 2. The number of ether oxygens (including phenoxy) is 2. The van der Waals surface area contributed by atoms with Gasteiger partial charge in [0.05, 0.1) is 43.6 Å². The first-order chi connectivity index (χ1) is 20.4. The van der Waals surface area contributed by atoms with Crippen molar-refractivity contribution in [2.75, 3.05) is 53.5 Å². The lowest BCUT2D eigenvalue weighted by atomic mass is 9.73. The maximum atomic E-state index is 12.4. The Morgan fingerprint density at radius 3 is 1.79 bits per heavy atom. The standard InChI is InChI=1S/C18H25NO4.C16H19N3/c1-22-16(20)8-11-19-12-9-18(10-13-19,17(21)23-2)14-15-6-4-3-5-7-15;17-9-4-10-19-11-7-16(14-18,8-12-19)13-15-5-2-1-3-6-15/h3-7H,8-14H2,1-2H3;1-3,5-6H,4,7-8,10-13H2. The van der Waals surface area contributed by atoms with Gasteiger partial charge >= 0.3 is 11.9 Å². The van der Waals surface area contributed by atoms with E-state index in [1.807, 2.05) is 48.5 Å². The van der Waals surface area contributed by atoms with Crippen molar-refractivity contribution in [3.05, 3.63) is 71.8 Å². The van der Waals surface area contributed by atoms with E-state index in [0.29, 0.717) is 25.8 Å². The minimum absolute atomic E-state index is 0.131. The molecule has 2 aliphatic rings. The van der Waals surface area contributed by atoms with E-state index in [1.165, 1.54) is 19.8 Å². The van der Waals surface area contributed by atoms with Crippen LogP contribution in [0.4, 0.5) is 0 Å². The number of piperidine rings is 2. The summed E-state index contributed by atoms with van der Waals surface area (Å²) in [4.78, 5) is 28.2. The van der Waals surface area contributed by atoms with E-state index in [4.69, 9.17) is 10.00 Å². The molecule has 0 aromatic heterocycles. The van der Waals surface area contributed by atoms with Crippen LogP contribution < -0.4 is 0 Å². The summed E-state index contributed by atoms with van der Waals surface area (Å²) in [6.45, 7) is 4.96. The van der Waals surface area contributed by atoms with Gasteiger partial charge in [-0.25, -0.2) is 0 Å². The number of methoxy groups -OCH3 is 2. The zero-order chi connectivity index (χ0) is 30.3. The van der Waals surface area contributed by atoms with Crippen LogP contribution in [-0.4, -0.2) is 75.2 Å². The van der Waals surface area contributed by atoms with Gasteiger partial charge in [0.25, 0.3) is 0 Å². The molecule has 0 amide bonds.